The van der Waals surface area contributed by atoms with Crippen LogP contribution in [0.2, 0.25) is 0 Å². The van der Waals surface area contributed by atoms with Crippen molar-refractivity contribution in [1.82, 2.24) is 4.90 Å². The van der Waals surface area contributed by atoms with Gasteiger partial charge in [-0.1, -0.05) is 42.8 Å². The number of benzene rings is 3. The van der Waals surface area contributed by atoms with E-state index < -0.39 is 6.10 Å². The minimum absolute atomic E-state index is 0.0218. The van der Waals surface area contributed by atoms with E-state index >= 15 is 0 Å². The number of ether oxygens (including phenoxy) is 1. The summed E-state index contributed by atoms with van der Waals surface area (Å²) < 4.78 is 19.3. The summed E-state index contributed by atoms with van der Waals surface area (Å²) in [6, 6.07) is 19.5. The summed E-state index contributed by atoms with van der Waals surface area (Å²) in [5, 5.41) is 2.78. The largest absolute Gasteiger partial charge is 0.481 e. The van der Waals surface area contributed by atoms with Crippen molar-refractivity contribution in [3.63, 3.8) is 0 Å². The van der Waals surface area contributed by atoms with E-state index in [4.69, 9.17) is 4.74 Å². The molecule has 0 bridgehead atoms. The molecule has 0 saturated carbocycles. The number of hydrogen-bond donors (Lipinski definition) is 1. The van der Waals surface area contributed by atoms with E-state index in [1.54, 1.807) is 6.92 Å². The number of hydrogen-bond acceptors (Lipinski definition) is 3. The highest BCUT2D eigenvalue weighted by atomic mass is 19.1. The van der Waals surface area contributed by atoms with Crippen molar-refractivity contribution < 1.29 is 18.7 Å². The number of carbonyl (C=O) groups is 2. The molecule has 4 rings (SSSR count). The van der Waals surface area contributed by atoms with E-state index in [-0.39, 0.29) is 23.7 Å². The molecule has 0 aliphatic carbocycles. The molecule has 1 aliphatic rings. The van der Waals surface area contributed by atoms with Crippen molar-refractivity contribution in [3.05, 3.63) is 94.8 Å². The van der Waals surface area contributed by atoms with Gasteiger partial charge in [0.2, 0.25) is 5.91 Å². The first kappa shape index (κ1) is 23.5. The first-order chi connectivity index (χ1) is 16.4. The molecular weight excluding hydrogens is 431 g/mol. The Kier molecular flexibility index (Phi) is 6.96. The summed E-state index contributed by atoms with van der Waals surface area (Å²) in [5.41, 5.74) is 4.87. The molecule has 3 aromatic carbocycles. The molecule has 0 fully saturated rings. The van der Waals surface area contributed by atoms with Crippen LogP contribution in [0.15, 0.2) is 66.7 Å². The van der Waals surface area contributed by atoms with Crippen LogP contribution in [0.1, 0.15) is 48.6 Å². The Morgan fingerprint density at radius 2 is 1.88 bits per heavy atom. The predicted octanol–water partition coefficient (Wildman–Crippen LogP) is 5.42. The fraction of sp³-hybridized carbons (Fsp3) is 0.286. The molecule has 2 amide bonds. The molecule has 1 heterocycles. The second-order valence-electron chi connectivity index (χ2n) is 8.65. The Labute approximate surface area is 199 Å². The zero-order valence-corrected chi connectivity index (χ0v) is 19.7. The van der Waals surface area contributed by atoms with Gasteiger partial charge in [0.25, 0.3) is 5.91 Å². The Hall–Kier alpha value is -3.67. The smallest absolute Gasteiger partial charge is 0.265 e. The van der Waals surface area contributed by atoms with Gasteiger partial charge in [0.15, 0.2) is 6.10 Å². The molecule has 3 aromatic rings. The van der Waals surface area contributed by atoms with Crippen LogP contribution in [-0.4, -0.2) is 29.4 Å². The van der Waals surface area contributed by atoms with Crippen molar-refractivity contribution in [2.24, 2.45) is 0 Å². The fourth-order valence-electron chi connectivity index (χ4n) is 4.45. The van der Waals surface area contributed by atoms with Gasteiger partial charge in [-0.2, -0.15) is 0 Å². The summed E-state index contributed by atoms with van der Waals surface area (Å²) in [6.07, 6.45) is 0.512. The molecule has 0 radical (unpaired) electrons. The van der Waals surface area contributed by atoms with E-state index in [9.17, 15) is 14.0 Å². The first-order valence-corrected chi connectivity index (χ1v) is 11.6. The Morgan fingerprint density at radius 1 is 1.12 bits per heavy atom. The molecule has 34 heavy (non-hydrogen) atoms. The summed E-state index contributed by atoms with van der Waals surface area (Å²) in [5.74, 6) is -0.0676. The zero-order valence-electron chi connectivity index (χ0n) is 19.7. The van der Waals surface area contributed by atoms with Gasteiger partial charge in [-0.25, -0.2) is 4.39 Å². The first-order valence-electron chi connectivity index (χ1n) is 11.6. The molecule has 0 saturated heterocycles. The van der Waals surface area contributed by atoms with E-state index in [1.807, 2.05) is 55.1 Å². The monoisotopic (exact) mass is 460 g/mol. The van der Waals surface area contributed by atoms with Gasteiger partial charge in [-0.15, -0.1) is 0 Å². The van der Waals surface area contributed by atoms with E-state index in [0.717, 1.165) is 23.1 Å². The standard InChI is InChI=1S/C28H29FN2O3/c1-4-26(28(33)30-23-11-9-22(29)10-12-23)34-24-13-8-20-14-15-31(19(3)32)27(25(20)17-24)21-7-5-6-18(2)16-21/h5-13,16-17,26-27H,4,14-15H2,1-3H3,(H,30,33)/t26-,27-/m1/s1. The number of anilines is 1. The van der Waals surface area contributed by atoms with E-state index in [0.29, 0.717) is 24.4 Å². The molecule has 0 unspecified atom stereocenters. The van der Waals surface area contributed by atoms with Gasteiger partial charge in [-0.3, -0.25) is 9.59 Å². The maximum Gasteiger partial charge on any atom is 0.265 e. The lowest BCUT2D eigenvalue weighted by Gasteiger charge is -2.37. The van der Waals surface area contributed by atoms with Crippen LogP contribution in [-0.2, 0) is 16.0 Å². The van der Waals surface area contributed by atoms with Crippen molar-refractivity contribution >= 4 is 17.5 Å². The molecule has 6 heteroatoms. The van der Waals surface area contributed by atoms with E-state index in [1.165, 1.54) is 29.8 Å². The highest BCUT2D eigenvalue weighted by Gasteiger charge is 2.31. The third-order valence-corrected chi connectivity index (χ3v) is 6.16. The van der Waals surface area contributed by atoms with Crippen LogP contribution in [0.5, 0.6) is 5.75 Å². The molecular formula is C28H29FN2O3. The average Bonchev–Trinajstić information content (AvgIpc) is 2.82. The minimum atomic E-state index is -0.715. The number of rotatable bonds is 6. The van der Waals surface area contributed by atoms with Crippen molar-refractivity contribution in [1.29, 1.82) is 0 Å². The van der Waals surface area contributed by atoms with Crippen LogP contribution in [0.4, 0.5) is 10.1 Å². The Morgan fingerprint density at radius 3 is 2.56 bits per heavy atom. The third-order valence-electron chi connectivity index (χ3n) is 6.16. The Balaban J connectivity index is 1.61. The number of nitrogens with one attached hydrogen (secondary N) is 1. The van der Waals surface area contributed by atoms with Crippen molar-refractivity contribution in [2.75, 3.05) is 11.9 Å². The van der Waals surface area contributed by atoms with Crippen molar-refractivity contribution in [3.8, 4) is 5.75 Å². The molecule has 2 atom stereocenters. The summed E-state index contributed by atoms with van der Waals surface area (Å²) in [6.45, 7) is 6.16. The van der Waals surface area contributed by atoms with E-state index in [2.05, 4.69) is 11.4 Å². The lowest BCUT2D eigenvalue weighted by molar-refractivity contribution is -0.130. The van der Waals surface area contributed by atoms with Gasteiger partial charge in [0.05, 0.1) is 6.04 Å². The molecule has 1 aliphatic heterocycles. The molecule has 1 N–H and O–H groups in total. The van der Waals surface area contributed by atoms with Gasteiger partial charge in [-0.05, 0) is 72.9 Å². The van der Waals surface area contributed by atoms with Crippen molar-refractivity contribution in [2.45, 2.75) is 45.8 Å². The van der Waals surface area contributed by atoms with Crippen LogP contribution < -0.4 is 10.1 Å². The van der Waals surface area contributed by atoms with Gasteiger partial charge < -0.3 is 15.0 Å². The highest BCUT2D eigenvalue weighted by molar-refractivity contribution is 5.94. The topological polar surface area (TPSA) is 58.6 Å². The lowest BCUT2D eigenvalue weighted by atomic mass is 9.87. The highest BCUT2D eigenvalue weighted by Crippen LogP contribution is 2.37. The molecule has 0 spiro atoms. The number of fused-ring (bicyclic) bond motifs is 1. The lowest BCUT2D eigenvalue weighted by Crippen LogP contribution is -2.39. The zero-order chi connectivity index (χ0) is 24.2. The number of halogens is 1. The number of nitrogens with zero attached hydrogens (tertiary/aromatic N) is 1. The normalized spacial score (nSPS) is 15.9. The molecule has 0 aromatic heterocycles. The second-order valence-corrected chi connectivity index (χ2v) is 8.65. The quantitative estimate of drug-likeness (QED) is 0.534. The number of amides is 2. The Bertz CT molecular complexity index is 1190. The SMILES string of the molecule is CC[C@@H](Oc1ccc2c(c1)[C@@H](c1cccc(C)c1)N(C(C)=O)CC2)C(=O)Nc1ccc(F)cc1. The van der Waals surface area contributed by atoms with Gasteiger partial charge in [0.1, 0.15) is 11.6 Å². The number of carbonyl (C=O) groups excluding carboxylic acids is 2. The van der Waals surface area contributed by atoms with Gasteiger partial charge >= 0.3 is 0 Å². The maximum absolute atomic E-state index is 13.2. The average molecular weight is 461 g/mol. The fourth-order valence-corrected chi connectivity index (χ4v) is 4.45. The predicted molar refractivity (Wildman–Crippen MR) is 130 cm³/mol. The minimum Gasteiger partial charge on any atom is -0.481 e. The third kappa shape index (κ3) is 5.11. The van der Waals surface area contributed by atoms with Crippen LogP contribution in [0, 0.1) is 12.7 Å². The maximum atomic E-state index is 13.2. The summed E-state index contributed by atoms with van der Waals surface area (Å²) in [7, 11) is 0. The number of aryl methyl sites for hydroxylation is 1. The summed E-state index contributed by atoms with van der Waals surface area (Å²) in [4.78, 5) is 27.2. The van der Waals surface area contributed by atoms with Gasteiger partial charge in [0, 0.05) is 19.2 Å². The van der Waals surface area contributed by atoms with Crippen LogP contribution in [0.3, 0.4) is 0 Å². The second kappa shape index (κ2) is 10.1. The molecule has 176 valence electrons. The van der Waals surface area contributed by atoms with Crippen LogP contribution >= 0.6 is 0 Å². The summed E-state index contributed by atoms with van der Waals surface area (Å²) >= 11 is 0. The van der Waals surface area contributed by atoms with Crippen LogP contribution in [0.25, 0.3) is 0 Å². The molecule has 5 nitrogen and oxygen atoms in total.